The van der Waals surface area contributed by atoms with Crippen LogP contribution in [0.3, 0.4) is 0 Å². The molecule has 0 aliphatic carbocycles. The molecule has 0 aliphatic heterocycles. The Labute approximate surface area is 130 Å². The van der Waals surface area contributed by atoms with Crippen LogP contribution in [0, 0.1) is 6.92 Å². The second kappa shape index (κ2) is 6.93. The van der Waals surface area contributed by atoms with E-state index in [-0.39, 0.29) is 5.75 Å². The highest BCUT2D eigenvalue weighted by Crippen LogP contribution is 2.40. The normalized spacial score (nSPS) is 10.2. The van der Waals surface area contributed by atoms with Crippen molar-refractivity contribution in [3.8, 4) is 23.0 Å². The number of aromatic hydroxyl groups is 1. The van der Waals surface area contributed by atoms with Gasteiger partial charge in [0, 0.05) is 23.9 Å². The number of benzene rings is 2. The first kappa shape index (κ1) is 15.8. The SMILES string of the molecule is COc1ccc(CNc2ccc(C)c(O)c2)c(OC)c1OC. The molecule has 5 nitrogen and oxygen atoms in total. The lowest BCUT2D eigenvalue weighted by Gasteiger charge is -2.16. The van der Waals surface area contributed by atoms with E-state index in [1.807, 2.05) is 31.2 Å². The third kappa shape index (κ3) is 3.19. The predicted octanol–water partition coefficient (Wildman–Crippen LogP) is 3.34. The summed E-state index contributed by atoms with van der Waals surface area (Å²) in [6, 6.07) is 9.24. The summed E-state index contributed by atoms with van der Waals surface area (Å²) < 4.78 is 16.1. The summed E-state index contributed by atoms with van der Waals surface area (Å²) in [5.74, 6) is 2.09. The summed E-state index contributed by atoms with van der Waals surface area (Å²) in [4.78, 5) is 0. The quantitative estimate of drug-likeness (QED) is 0.857. The fraction of sp³-hybridized carbons (Fsp3) is 0.294. The van der Waals surface area contributed by atoms with Gasteiger partial charge in [0.1, 0.15) is 5.75 Å². The molecule has 0 fully saturated rings. The maximum atomic E-state index is 9.75. The lowest BCUT2D eigenvalue weighted by molar-refractivity contribution is 0.322. The van der Waals surface area contributed by atoms with Crippen LogP contribution < -0.4 is 19.5 Å². The van der Waals surface area contributed by atoms with Crippen LogP contribution in [0.15, 0.2) is 30.3 Å². The number of rotatable bonds is 6. The summed E-state index contributed by atoms with van der Waals surface area (Å²) in [7, 11) is 4.76. The molecule has 2 N–H and O–H groups in total. The number of methoxy groups -OCH3 is 3. The van der Waals surface area contributed by atoms with E-state index in [2.05, 4.69) is 5.32 Å². The molecule has 5 heteroatoms. The maximum absolute atomic E-state index is 9.75. The van der Waals surface area contributed by atoms with Crippen molar-refractivity contribution in [1.29, 1.82) is 0 Å². The molecule has 0 spiro atoms. The molecule has 0 aromatic heterocycles. The number of ether oxygens (including phenoxy) is 3. The molecule has 118 valence electrons. The van der Waals surface area contributed by atoms with Crippen LogP contribution in [0.2, 0.25) is 0 Å². The van der Waals surface area contributed by atoms with Gasteiger partial charge >= 0.3 is 0 Å². The molecule has 0 heterocycles. The van der Waals surface area contributed by atoms with Crippen molar-refractivity contribution in [3.63, 3.8) is 0 Å². The van der Waals surface area contributed by atoms with Crippen molar-refractivity contribution in [2.45, 2.75) is 13.5 Å². The Morgan fingerprint density at radius 3 is 2.27 bits per heavy atom. The number of hydrogen-bond acceptors (Lipinski definition) is 5. The topological polar surface area (TPSA) is 60.0 Å². The minimum absolute atomic E-state index is 0.268. The lowest BCUT2D eigenvalue weighted by atomic mass is 10.1. The highest BCUT2D eigenvalue weighted by atomic mass is 16.5. The van der Waals surface area contributed by atoms with Gasteiger partial charge in [0.2, 0.25) is 5.75 Å². The highest BCUT2D eigenvalue weighted by molar-refractivity contribution is 5.57. The van der Waals surface area contributed by atoms with Gasteiger partial charge in [-0.3, -0.25) is 0 Å². The first-order valence-electron chi connectivity index (χ1n) is 6.92. The van der Waals surface area contributed by atoms with Gasteiger partial charge in [0.15, 0.2) is 11.5 Å². The molecule has 0 aliphatic rings. The lowest BCUT2D eigenvalue weighted by Crippen LogP contribution is -2.04. The minimum Gasteiger partial charge on any atom is -0.508 e. The van der Waals surface area contributed by atoms with Crippen molar-refractivity contribution >= 4 is 5.69 Å². The molecule has 0 bridgehead atoms. The molecule has 22 heavy (non-hydrogen) atoms. The summed E-state index contributed by atoms with van der Waals surface area (Å²) in [5.41, 5.74) is 2.61. The van der Waals surface area contributed by atoms with Crippen molar-refractivity contribution < 1.29 is 19.3 Å². The van der Waals surface area contributed by atoms with Crippen LogP contribution in [0.4, 0.5) is 5.69 Å². The number of phenols is 1. The average Bonchev–Trinajstić information content (AvgIpc) is 2.54. The molecule has 0 amide bonds. The van der Waals surface area contributed by atoms with Crippen molar-refractivity contribution in [1.82, 2.24) is 0 Å². The zero-order valence-electron chi connectivity index (χ0n) is 13.3. The van der Waals surface area contributed by atoms with Crippen LogP contribution in [0.1, 0.15) is 11.1 Å². The number of hydrogen-bond donors (Lipinski definition) is 2. The first-order chi connectivity index (χ1) is 10.6. The zero-order valence-corrected chi connectivity index (χ0v) is 13.3. The fourth-order valence-corrected chi connectivity index (χ4v) is 2.22. The van der Waals surface area contributed by atoms with Gasteiger partial charge in [0.25, 0.3) is 0 Å². The zero-order chi connectivity index (χ0) is 16.1. The number of phenolic OH excluding ortho intramolecular Hbond substituents is 1. The smallest absolute Gasteiger partial charge is 0.203 e. The highest BCUT2D eigenvalue weighted by Gasteiger charge is 2.15. The molecule has 0 saturated heterocycles. The van der Waals surface area contributed by atoms with Gasteiger partial charge < -0.3 is 24.6 Å². The van der Waals surface area contributed by atoms with Crippen molar-refractivity contribution in [3.05, 3.63) is 41.5 Å². The average molecular weight is 303 g/mol. The second-order valence-corrected chi connectivity index (χ2v) is 4.85. The van der Waals surface area contributed by atoms with E-state index < -0.39 is 0 Å². The fourth-order valence-electron chi connectivity index (χ4n) is 2.22. The third-order valence-corrected chi connectivity index (χ3v) is 3.48. The maximum Gasteiger partial charge on any atom is 0.203 e. The molecule has 2 aromatic rings. The van der Waals surface area contributed by atoms with Crippen LogP contribution >= 0.6 is 0 Å². The van der Waals surface area contributed by atoms with Gasteiger partial charge in [-0.25, -0.2) is 0 Å². The van der Waals surface area contributed by atoms with E-state index in [9.17, 15) is 5.11 Å². The molecule has 2 aromatic carbocycles. The van der Waals surface area contributed by atoms with Crippen LogP contribution in [-0.2, 0) is 6.54 Å². The van der Waals surface area contributed by atoms with Gasteiger partial charge in [0.05, 0.1) is 21.3 Å². The Morgan fingerprint density at radius 2 is 1.68 bits per heavy atom. The van der Waals surface area contributed by atoms with Gasteiger partial charge in [-0.1, -0.05) is 6.07 Å². The third-order valence-electron chi connectivity index (χ3n) is 3.48. The second-order valence-electron chi connectivity index (χ2n) is 4.85. The van der Waals surface area contributed by atoms with E-state index in [4.69, 9.17) is 14.2 Å². The van der Waals surface area contributed by atoms with Crippen molar-refractivity contribution in [2.75, 3.05) is 26.6 Å². The molecular formula is C17H21NO4. The molecule has 0 radical (unpaired) electrons. The summed E-state index contributed by atoms with van der Waals surface area (Å²) in [6.45, 7) is 2.39. The van der Waals surface area contributed by atoms with E-state index in [1.165, 1.54) is 0 Å². The van der Waals surface area contributed by atoms with Crippen LogP contribution in [0.25, 0.3) is 0 Å². The van der Waals surface area contributed by atoms with E-state index in [0.29, 0.717) is 23.8 Å². The summed E-state index contributed by atoms with van der Waals surface area (Å²) in [6.07, 6.45) is 0. The van der Waals surface area contributed by atoms with E-state index in [1.54, 1.807) is 27.4 Å². The van der Waals surface area contributed by atoms with Gasteiger partial charge in [-0.15, -0.1) is 0 Å². The standard InChI is InChI=1S/C17H21NO4/c1-11-5-7-13(9-14(11)19)18-10-12-6-8-15(20-2)17(22-4)16(12)21-3/h5-9,18-19H,10H2,1-4H3. The molecule has 2 rings (SSSR count). The minimum atomic E-state index is 0.268. The van der Waals surface area contributed by atoms with Crippen LogP contribution in [0.5, 0.6) is 23.0 Å². The van der Waals surface area contributed by atoms with E-state index in [0.717, 1.165) is 16.8 Å². The van der Waals surface area contributed by atoms with Crippen LogP contribution in [-0.4, -0.2) is 26.4 Å². The molecular weight excluding hydrogens is 282 g/mol. The molecule has 0 atom stereocenters. The summed E-state index contributed by atoms with van der Waals surface area (Å²) >= 11 is 0. The number of aryl methyl sites for hydroxylation is 1. The Morgan fingerprint density at radius 1 is 0.955 bits per heavy atom. The Bertz CT molecular complexity index is 655. The Balaban J connectivity index is 2.23. The Kier molecular flexibility index (Phi) is 4.99. The molecule has 0 saturated carbocycles. The van der Waals surface area contributed by atoms with E-state index >= 15 is 0 Å². The van der Waals surface area contributed by atoms with Gasteiger partial charge in [-0.2, -0.15) is 0 Å². The van der Waals surface area contributed by atoms with Crippen molar-refractivity contribution in [2.24, 2.45) is 0 Å². The number of nitrogens with one attached hydrogen (secondary N) is 1. The number of anilines is 1. The Hall–Kier alpha value is -2.56. The largest absolute Gasteiger partial charge is 0.508 e. The monoisotopic (exact) mass is 303 g/mol. The first-order valence-corrected chi connectivity index (χ1v) is 6.92. The van der Waals surface area contributed by atoms with Gasteiger partial charge in [-0.05, 0) is 30.7 Å². The molecule has 0 unspecified atom stereocenters. The summed E-state index contributed by atoms with van der Waals surface area (Å²) in [5, 5.41) is 13.0. The predicted molar refractivity (Wildman–Crippen MR) is 86.3 cm³/mol.